The maximum Gasteiger partial charge on any atom is 0.225 e. The molecule has 104 valence electrons. The van der Waals surface area contributed by atoms with E-state index in [4.69, 9.17) is 0 Å². The summed E-state index contributed by atoms with van der Waals surface area (Å²) < 4.78 is 0. The first-order valence-corrected chi connectivity index (χ1v) is 6.85. The van der Waals surface area contributed by atoms with Gasteiger partial charge in [-0.2, -0.15) is 0 Å². The molecule has 4 heteroatoms. The van der Waals surface area contributed by atoms with E-state index in [9.17, 15) is 9.90 Å². The summed E-state index contributed by atoms with van der Waals surface area (Å²) in [5.74, 6) is 0.0240. The summed E-state index contributed by atoms with van der Waals surface area (Å²) in [5, 5.41) is 15.9. The monoisotopic (exact) mass is 262 g/mol. The van der Waals surface area contributed by atoms with Crippen LogP contribution in [0.25, 0.3) is 0 Å². The Labute approximate surface area is 114 Å². The van der Waals surface area contributed by atoms with Gasteiger partial charge in [0.1, 0.15) is 0 Å². The molecule has 3 N–H and O–H groups in total. The third-order valence-electron chi connectivity index (χ3n) is 3.79. The van der Waals surface area contributed by atoms with Gasteiger partial charge < -0.3 is 15.7 Å². The van der Waals surface area contributed by atoms with Gasteiger partial charge in [-0.25, -0.2) is 0 Å². The lowest BCUT2D eigenvalue weighted by Gasteiger charge is -2.32. The lowest BCUT2D eigenvalue weighted by atomic mass is 9.90. The molecule has 1 unspecified atom stereocenters. The van der Waals surface area contributed by atoms with E-state index in [2.05, 4.69) is 10.6 Å². The molecule has 2 rings (SSSR count). The molecule has 1 aromatic rings. The second-order valence-electron chi connectivity index (χ2n) is 5.39. The highest BCUT2D eigenvalue weighted by atomic mass is 16.3. The largest absolute Gasteiger partial charge is 0.394 e. The van der Waals surface area contributed by atoms with Gasteiger partial charge in [0.05, 0.1) is 18.1 Å². The van der Waals surface area contributed by atoms with Crippen molar-refractivity contribution in [1.29, 1.82) is 0 Å². The van der Waals surface area contributed by atoms with Crippen molar-refractivity contribution >= 4 is 5.91 Å². The van der Waals surface area contributed by atoms with Crippen molar-refractivity contribution < 1.29 is 9.90 Å². The zero-order chi connectivity index (χ0) is 13.7. The van der Waals surface area contributed by atoms with E-state index in [1.54, 1.807) is 0 Å². The van der Waals surface area contributed by atoms with Crippen LogP contribution in [0.1, 0.15) is 25.3 Å². The van der Waals surface area contributed by atoms with Crippen LogP contribution in [0, 0.1) is 5.92 Å². The van der Waals surface area contributed by atoms with Crippen LogP contribution in [0.15, 0.2) is 30.3 Å². The highest BCUT2D eigenvalue weighted by Crippen LogP contribution is 2.21. The van der Waals surface area contributed by atoms with Gasteiger partial charge in [-0.1, -0.05) is 30.3 Å². The van der Waals surface area contributed by atoms with E-state index in [1.807, 2.05) is 37.3 Å². The Bertz CT molecular complexity index is 415. The Hall–Kier alpha value is -1.39. The number of aliphatic hydroxyl groups excluding tert-OH is 1. The fraction of sp³-hybridized carbons (Fsp3) is 0.533. The number of benzene rings is 1. The van der Waals surface area contributed by atoms with E-state index in [0.29, 0.717) is 0 Å². The maximum atomic E-state index is 12.3. The van der Waals surface area contributed by atoms with Crippen molar-refractivity contribution in [2.45, 2.75) is 25.3 Å². The number of rotatable bonds is 4. The van der Waals surface area contributed by atoms with E-state index < -0.39 is 5.54 Å². The molecule has 0 spiro atoms. The summed E-state index contributed by atoms with van der Waals surface area (Å²) in [5.41, 5.74) is 0.213. The van der Waals surface area contributed by atoms with Gasteiger partial charge in [0.2, 0.25) is 5.91 Å². The summed E-state index contributed by atoms with van der Waals surface area (Å²) >= 11 is 0. The smallest absolute Gasteiger partial charge is 0.225 e. The minimum absolute atomic E-state index is 0.00309. The number of carbonyl (C=O) groups excluding carboxylic acids is 1. The number of hydrogen-bond donors (Lipinski definition) is 3. The fourth-order valence-corrected chi connectivity index (χ4v) is 2.46. The molecule has 4 nitrogen and oxygen atoms in total. The first-order valence-electron chi connectivity index (χ1n) is 6.85. The molecular formula is C15H22N2O2. The van der Waals surface area contributed by atoms with E-state index in [0.717, 1.165) is 31.5 Å². The Morgan fingerprint density at radius 1 is 1.47 bits per heavy atom. The standard InChI is InChI=1S/C15H22N2O2/c1-15(11-18,13-7-3-2-4-8-13)17-14(19)12-6-5-9-16-10-12/h2-4,7-8,12,16,18H,5-6,9-11H2,1H3,(H,17,19)/t12-,15?/m0/s1. The average Bonchev–Trinajstić information content (AvgIpc) is 2.49. The molecule has 19 heavy (non-hydrogen) atoms. The van der Waals surface area contributed by atoms with Gasteiger partial charge in [-0.3, -0.25) is 4.79 Å². The van der Waals surface area contributed by atoms with Gasteiger partial charge in [0, 0.05) is 6.54 Å². The number of nitrogens with one attached hydrogen (secondary N) is 2. The first kappa shape index (κ1) is 14.0. The van der Waals surface area contributed by atoms with Crippen molar-refractivity contribution in [3.05, 3.63) is 35.9 Å². The third-order valence-corrected chi connectivity index (χ3v) is 3.79. The molecule has 1 amide bonds. The van der Waals surface area contributed by atoms with E-state index in [1.165, 1.54) is 0 Å². The molecule has 0 radical (unpaired) electrons. The molecule has 1 aliphatic rings. The van der Waals surface area contributed by atoms with Crippen molar-refractivity contribution in [3.63, 3.8) is 0 Å². The number of aliphatic hydroxyl groups is 1. The average molecular weight is 262 g/mol. The van der Waals surface area contributed by atoms with Gasteiger partial charge in [0.25, 0.3) is 0 Å². The molecule has 0 bridgehead atoms. The molecule has 1 aliphatic heterocycles. The van der Waals surface area contributed by atoms with Crippen molar-refractivity contribution in [2.75, 3.05) is 19.7 Å². The van der Waals surface area contributed by atoms with Crippen LogP contribution in [0.5, 0.6) is 0 Å². The summed E-state index contributed by atoms with van der Waals surface area (Å²) in [6.45, 7) is 3.46. The van der Waals surface area contributed by atoms with Crippen LogP contribution in [0.2, 0.25) is 0 Å². The van der Waals surface area contributed by atoms with Gasteiger partial charge in [-0.15, -0.1) is 0 Å². The lowest BCUT2D eigenvalue weighted by molar-refractivity contribution is -0.128. The summed E-state index contributed by atoms with van der Waals surface area (Å²) in [4.78, 5) is 12.3. The van der Waals surface area contributed by atoms with Crippen molar-refractivity contribution in [2.24, 2.45) is 5.92 Å². The number of hydrogen-bond acceptors (Lipinski definition) is 3. The molecule has 0 aromatic heterocycles. The fourth-order valence-electron chi connectivity index (χ4n) is 2.46. The van der Waals surface area contributed by atoms with Crippen LogP contribution in [0.4, 0.5) is 0 Å². The molecular weight excluding hydrogens is 240 g/mol. The Balaban J connectivity index is 2.07. The molecule has 2 atom stereocenters. The maximum absolute atomic E-state index is 12.3. The quantitative estimate of drug-likeness (QED) is 0.759. The minimum atomic E-state index is -0.713. The summed E-state index contributed by atoms with van der Waals surface area (Å²) in [6, 6.07) is 9.61. The molecule has 1 heterocycles. The number of piperidine rings is 1. The predicted molar refractivity (Wildman–Crippen MR) is 74.6 cm³/mol. The van der Waals surface area contributed by atoms with Gasteiger partial charge >= 0.3 is 0 Å². The van der Waals surface area contributed by atoms with E-state index in [-0.39, 0.29) is 18.4 Å². The predicted octanol–water partition coefficient (Wildman–Crippen LogP) is 1.01. The number of amides is 1. The Morgan fingerprint density at radius 2 is 2.21 bits per heavy atom. The van der Waals surface area contributed by atoms with Crippen LogP contribution in [-0.4, -0.2) is 30.7 Å². The molecule has 0 aliphatic carbocycles. The van der Waals surface area contributed by atoms with Gasteiger partial charge in [0.15, 0.2) is 0 Å². The number of carbonyl (C=O) groups is 1. The highest BCUT2D eigenvalue weighted by molar-refractivity contribution is 5.80. The molecule has 0 saturated carbocycles. The molecule has 1 aromatic carbocycles. The van der Waals surface area contributed by atoms with Crippen LogP contribution in [0.3, 0.4) is 0 Å². The Kier molecular flexibility index (Phi) is 4.56. The van der Waals surface area contributed by atoms with Crippen LogP contribution < -0.4 is 10.6 Å². The highest BCUT2D eigenvalue weighted by Gasteiger charge is 2.31. The summed E-state index contributed by atoms with van der Waals surface area (Å²) in [7, 11) is 0. The van der Waals surface area contributed by atoms with Crippen LogP contribution >= 0.6 is 0 Å². The zero-order valence-electron chi connectivity index (χ0n) is 11.4. The molecule has 1 fully saturated rings. The van der Waals surface area contributed by atoms with E-state index >= 15 is 0 Å². The summed E-state index contributed by atoms with van der Waals surface area (Å²) in [6.07, 6.45) is 1.94. The second-order valence-corrected chi connectivity index (χ2v) is 5.39. The molecule has 1 saturated heterocycles. The zero-order valence-corrected chi connectivity index (χ0v) is 11.4. The SMILES string of the molecule is CC(CO)(NC(=O)[C@H]1CCCNC1)c1ccccc1. The Morgan fingerprint density at radius 3 is 2.79 bits per heavy atom. The first-order chi connectivity index (χ1) is 9.15. The normalized spacial score (nSPS) is 22.5. The van der Waals surface area contributed by atoms with Crippen LogP contribution in [-0.2, 0) is 10.3 Å². The van der Waals surface area contributed by atoms with Gasteiger partial charge in [-0.05, 0) is 31.9 Å². The second kappa shape index (κ2) is 6.17. The van der Waals surface area contributed by atoms with Crippen molar-refractivity contribution in [1.82, 2.24) is 10.6 Å². The lowest BCUT2D eigenvalue weighted by Crippen LogP contribution is -2.51. The van der Waals surface area contributed by atoms with Crippen molar-refractivity contribution in [3.8, 4) is 0 Å². The minimum Gasteiger partial charge on any atom is -0.394 e. The third kappa shape index (κ3) is 3.33. The topological polar surface area (TPSA) is 61.4 Å².